The van der Waals surface area contributed by atoms with Gasteiger partial charge in [0.2, 0.25) is 5.91 Å². The predicted octanol–water partition coefficient (Wildman–Crippen LogP) is 3.84. The van der Waals surface area contributed by atoms with E-state index < -0.39 is 23.1 Å². The fourth-order valence-electron chi connectivity index (χ4n) is 4.76. The second-order valence-electron chi connectivity index (χ2n) is 9.86. The molecule has 0 spiro atoms. The molecule has 160 valence electrons. The van der Waals surface area contributed by atoms with Crippen LogP contribution in [0.5, 0.6) is 0 Å². The van der Waals surface area contributed by atoms with Crippen molar-refractivity contribution in [3.05, 3.63) is 29.8 Å². The van der Waals surface area contributed by atoms with Gasteiger partial charge >= 0.3 is 5.97 Å². The van der Waals surface area contributed by atoms with E-state index >= 15 is 0 Å². The molecule has 1 N–H and O–H groups in total. The topological polar surface area (TPSA) is 58.6 Å². The fourth-order valence-corrected chi connectivity index (χ4v) is 4.76. The van der Waals surface area contributed by atoms with Gasteiger partial charge in [-0.3, -0.25) is 9.59 Å². The number of ether oxygens (including phenoxy) is 1. The summed E-state index contributed by atoms with van der Waals surface area (Å²) < 4.78 is 32.3. The summed E-state index contributed by atoms with van der Waals surface area (Å²) in [4.78, 5) is 27.3. The van der Waals surface area contributed by atoms with Crippen molar-refractivity contribution < 1.29 is 23.1 Å². The smallest absolute Gasteiger partial charge is 0.307 e. The van der Waals surface area contributed by atoms with Crippen LogP contribution in [0.2, 0.25) is 0 Å². The van der Waals surface area contributed by atoms with E-state index in [9.17, 15) is 18.4 Å². The van der Waals surface area contributed by atoms with Crippen LogP contribution in [-0.2, 0) is 14.3 Å². The summed E-state index contributed by atoms with van der Waals surface area (Å²) in [6, 6.07) is 2.28. The van der Waals surface area contributed by atoms with Gasteiger partial charge < -0.3 is 15.0 Å². The Morgan fingerprint density at radius 1 is 1.31 bits per heavy atom. The van der Waals surface area contributed by atoms with Crippen LogP contribution in [0, 0.1) is 34.3 Å². The maximum atomic E-state index is 14.2. The number of rotatable bonds is 5. The summed E-state index contributed by atoms with van der Waals surface area (Å²) in [5, 5.41) is 2.98. The zero-order chi connectivity index (χ0) is 21.7. The van der Waals surface area contributed by atoms with E-state index in [0.29, 0.717) is 12.5 Å². The largest absolute Gasteiger partial charge is 0.469 e. The average molecular weight is 408 g/mol. The van der Waals surface area contributed by atoms with Crippen LogP contribution in [0.15, 0.2) is 18.2 Å². The molecule has 4 atom stereocenters. The van der Waals surface area contributed by atoms with E-state index in [2.05, 4.69) is 19.2 Å². The van der Waals surface area contributed by atoms with Gasteiger partial charge in [0.05, 0.1) is 19.2 Å². The number of fused-ring (bicyclic) bond motifs is 1. The Balaban J connectivity index is 1.86. The molecule has 7 heteroatoms. The molecule has 1 saturated carbocycles. The lowest BCUT2D eigenvalue weighted by molar-refractivity contribution is -0.144. The molecule has 3 rings (SSSR count). The lowest BCUT2D eigenvalue weighted by Gasteiger charge is -2.38. The standard InChI is InChI=1S/C22H30F2N2O3/c1-21(2,3)19(25-15-8-7-12(23)9-14(15)24)20(28)26-11-13-18(22(13,4)5)16(26)10-17(27)29-6/h7-9,13,16,18-19,25H,10-11H2,1-6H3/t13-,16+,18-,19+/m0/s1. The van der Waals surface area contributed by atoms with E-state index in [0.717, 1.165) is 12.1 Å². The van der Waals surface area contributed by atoms with Gasteiger partial charge in [-0.1, -0.05) is 34.6 Å². The number of nitrogens with zero attached hydrogens (tertiary/aromatic N) is 1. The molecule has 0 bridgehead atoms. The van der Waals surface area contributed by atoms with Gasteiger partial charge in [-0.15, -0.1) is 0 Å². The minimum Gasteiger partial charge on any atom is -0.469 e. The number of anilines is 1. The lowest BCUT2D eigenvalue weighted by Crippen LogP contribution is -2.53. The maximum Gasteiger partial charge on any atom is 0.307 e. The number of benzene rings is 1. The van der Waals surface area contributed by atoms with Crippen molar-refractivity contribution >= 4 is 17.6 Å². The molecule has 2 aliphatic rings. The molecule has 29 heavy (non-hydrogen) atoms. The fraction of sp³-hybridized carbons (Fsp3) is 0.636. The molecule has 5 nitrogen and oxygen atoms in total. The summed E-state index contributed by atoms with van der Waals surface area (Å²) >= 11 is 0. The van der Waals surface area contributed by atoms with Crippen molar-refractivity contribution in [3.8, 4) is 0 Å². The minimum absolute atomic E-state index is 0.0777. The predicted molar refractivity (Wildman–Crippen MR) is 106 cm³/mol. The molecule has 1 saturated heterocycles. The van der Waals surface area contributed by atoms with Crippen molar-refractivity contribution in [1.29, 1.82) is 0 Å². The first-order chi connectivity index (χ1) is 13.4. The molecule has 1 aromatic rings. The number of halogens is 2. The highest BCUT2D eigenvalue weighted by molar-refractivity contribution is 5.87. The third-order valence-corrected chi connectivity index (χ3v) is 6.58. The SMILES string of the molecule is COC(=O)C[C@@H]1[C@@H]2[C@H](CN1C(=O)[C@@H](Nc1ccc(F)cc1F)C(C)(C)C)C2(C)C. The van der Waals surface area contributed by atoms with Crippen LogP contribution >= 0.6 is 0 Å². The number of carbonyl (C=O) groups excluding carboxylic acids is 2. The Morgan fingerprint density at radius 2 is 1.97 bits per heavy atom. The molecule has 1 heterocycles. The molecular weight excluding hydrogens is 378 g/mol. The molecule has 1 aromatic carbocycles. The minimum atomic E-state index is -0.747. The normalized spacial score (nSPS) is 25.9. The summed E-state index contributed by atoms with van der Waals surface area (Å²) in [7, 11) is 1.34. The van der Waals surface area contributed by atoms with Crippen LogP contribution in [0.4, 0.5) is 14.5 Å². The summed E-state index contributed by atoms with van der Waals surface area (Å²) in [6.45, 7) is 10.5. The Hall–Kier alpha value is -2.18. The molecule has 1 aliphatic heterocycles. The van der Waals surface area contributed by atoms with E-state index in [1.807, 2.05) is 20.8 Å². The molecule has 0 aromatic heterocycles. The van der Waals surface area contributed by atoms with Gasteiger partial charge in [-0.2, -0.15) is 0 Å². The number of hydrogen-bond donors (Lipinski definition) is 1. The Kier molecular flexibility index (Phi) is 5.39. The Bertz CT molecular complexity index is 819. The number of hydrogen-bond acceptors (Lipinski definition) is 4. The molecule has 0 radical (unpaired) electrons. The Morgan fingerprint density at radius 3 is 2.52 bits per heavy atom. The number of esters is 1. The second kappa shape index (κ2) is 7.26. The molecule has 0 unspecified atom stereocenters. The number of methoxy groups -OCH3 is 1. The summed E-state index contributed by atoms with van der Waals surface area (Å²) in [5.41, 5.74) is -0.368. The highest BCUT2D eigenvalue weighted by Gasteiger charge is 2.68. The van der Waals surface area contributed by atoms with Gasteiger partial charge in [-0.05, 0) is 34.8 Å². The van der Waals surface area contributed by atoms with Crippen molar-refractivity contribution in [2.24, 2.45) is 22.7 Å². The first-order valence-electron chi connectivity index (χ1n) is 9.96. The van der Waals surface area contributed by atoms with Gasteiger partial charge in [0.1, 0.15) is 17.7 Å². The number of likely N-dealkylation sites (tertiary alicyclic amines) is 1. The number of amides is 1. The average Bonchev–Trinajstić information content (AvgIpc) is 2.95. The third kappa shape index (κ3) is 3.96. The number of piperidine rings is 1. The van der Waals surface area contributed by atoms with Gasteiger partial charge in [0.25, 0.3) is 0 Å². The van der Waals surface area contributed by atoms with Crippen molar-refractivity contribution in [2.45, 2.75) is 53.1 Å². The first kappa shape index (κ1) is 21.5. The van der Waals surface area contributed by atoms with E-state index in [4.69, 9.17) is 4.74 Å². The van der Waals surface area contributed by atoms with Gasteiger partial charge in [-0.25, -0.2) is 8.78 Å². The van der Waals surface area contributed by atoms with Gasteiger partial charge in [0, 0.05) is 18.7 Å². The van der Waals surface area contributed by atoms with Crippen LogP contribution in [-0.4, -0.2) is 42.5 Å². The first-order valence-corrected chi connectivity index (χ1v) is 9.96. The zero-order valence-corrected chi connectivity index (χ0v) is 17.9. The lowest BCUT2D eigenvalue weighted by atomic mass is 9.85. The summed E-state index contributed by atoms with van der Waals surface area (Å²) in [5.74, 6) is -1.37. The number of carbonyl (C=O) groups is 2. The molecule has 2 fully saturated rings. The maximum absolute atomic E-state index is 14.2. The second-order valence-corrected chi connectivity index (χ2v) is 9.86. The van der Waals surface area contributed by atoms with Crippen LogP contribution < -0.4 is 5.32 Å². The zero-order valence-electron chi connectivity index (χ0n) is 17.9. The highest BCUT2D eigenvalue weighted by Crippen LogP contribution is 2.65. The quantitative estimate of drug-likeness (QED) is 0.752. The summed E-state index contributed by atoms with van der Waals surface area (Å²) in [6.07, 6.45) is 0.147. The molecular formula is C22H30F2N2O3. The Labute approximate surface area is 170 Å². The molecule has 1 amide bonds. The van der Waals surface area contributed by atoms with E-state index in [-0.39, 0.29) is 41.4 Å². The van der Waals surface area contributed by atoms with Crippen molar-refractivity contribution in [2.75, 3.05) is 19.0 Å². The van der Waals surface area contributed by atoms with Crippen LogP contribution in [0.1, 0.15) is 41.0 Å². The van der Waals surface area contributed by atoms with E-state index in [1.165, 1.54) is 13.2 Å². The molecule has 1 aliphatic carbocycles. The van der Waals surface area contributed by atoms with Crippen molar-refractivity contribution in [3.63, 3.8) is 0 Å². The highest BCUT2D eigenvalue weighted by atomic mass is 19.1. The van der Waals surface area contributed by atoms with Crippen molar-refractivity contribution in [1.82, 2.24) is 4.90 Å². The third-order valence-electron chi connectivity index (χ3n) is 6.58. The van der Waals surface area contributed by atoms with E-state index in [1.54, 1.807) is 4.90 Å². The van der Waals surface area contributed by atoms with Gasteiger partial charge in [0.15, 0.2) is 0 Å². The number of nitrogens with one attached hydrogen (secondary N) is 1. The monoisotopic (exact) mass is 408 g/mol. The van der Waals surface area contributed by atoms with Crippen LogP contribution in [0.3, 0.4) is 0 Å². The van der Waals surface area contributed by atoms with Crippen LogP contribution in [0.25, 0.3) is 0 Å².